The summed E-state index contributed by atoms with van der Waals surface area (Å²) in [7, 11) is 0. The molecule has 0 spiro atoms. The standard InChI is InChI=1S/C18H12N4S/c1-3-7-13-11(5-1)9-15(19-13)17-21-22-18(23-17)16-10-12-6-2-4-8-14(12)20-16/h1-10,19-20H. The van der Waals surface area contributed by atoms with Crippen molar-refractivity contribution in [2.75, 3.05) is 0 Å². The van der Waals surface area contributed by atoms with E-state index in [4.69, 9.17) is 0 Å². The van der Waals surface area contributed by atoms with Crippen molar-refractivity contribution in [2.24, 2.45) is 0 Å². The zero-order valence-electron chi connectivity index (χ0n) is 12.1. The fraction of sp³-hybridized carbons (Fsp3) is 0. The van der Waals surface area contributed by atoms with E-state index in [1.54, 1.807) is 11.3 Å². The van der Waals surface area contributed by atoms with Gasteiger partial charge in [-0.1, -0.05) is 47.7 Å². The maximum absolute atomic E-state index is 4.35. The highest BCUT2D eigenvalue weighted by atomic mass is 32.1. The van der Waals surface area contributed by atoms with Crippen LogP contribution in [-0.4, -0.2) is 20.2 Å². The maximum Gasteiger partial charge on any atom is 0.164 e. The van der Waals surface area contributed by atoms with Gasteiger partial charge in [0, 0.05) is 21.8 Å². The summed E-state index contributed by atoms with van der Waals surface area (Å²) in [5.74, 6) is 0. The summed E-state index contributed by atoms with van der Waals surface area (Å²) in [6.45, 7) is 0. The maximum atomic E-state index is 4.35. The van der Waals surface area contributed by atoms with Gasteiger partial charge in [0.1, 0.15) is 0 Å². The fourth-order valence-electron chi connectivity index (χ4n) is 2.82. The molecule has 4 nitrogen and oxygen atoms in total. The lowest BCUT2D eigenvalue weighted by atomic mass is 10.2. The quantitative estimate of drug-likeness (QED) is 0.490. The van der Waals surface area contributed by atoms with Gasteiger partial charge in [0.25, 0.3) is 0 Å². The smallest absolute Gasteiger partial charge is 0.164 e. The average Bonchev–Trinajstić information content (AvgIpc) is 3.30. The number of aromatic amines is 2. The first kappa shape index (κ1) is 12.6. The molecule has 0 aliphatic heterocycles. The van der Waals surface area contributed by atoms with Crippen LogP contribution in [-0.2, 0) is 0 Å². The second kappa shape index (κ2) is 4.79. The van der Waals surface area contributed by atoms with E-state index < -0.39 is 0 Å². The molecule has 3 heterocycles. The molecule has 0 bridgehead atoms. The van der Waals surface area contributed by atoms with Gasteiger partial charge >= 0.3 is 0 Å². The minimum absolute atomic E-state index is 0.898. The van der Waals surface area contributed by atoms with Gasteiger partial charge in [-0.3, -0.25) is 0 Å². The number of hydrogen-bond donors (Lipinski definition) is 2. The van der Waals surface area contributed by atoms with Gasteiger partial charge in [0.2, 0.25) is 0 Å². The topological polar surface area (TPSA) is 57.4 Å². The Kier molecular flexibility index (Phi) is 2.63. The number of aromatic nitrogens is 4. The Labute approximate surface area is 135 Å². The third-order valence-electron chi connectivity index (χ3n) is 3.95. The molecule has 3 aromatic heterocycles. The van der Waals surface area contributed by atoms with Crippen molar-refractivity contribution in [3.8, 4) is 21.4 Å². The lowest BCUT2D eigenvalue weighted by Crippen LogP contribution is -1.76. The summed E-state index contributed by atoms with van der Waals surface area (Å²) < 4.78 is 0. The lowest BCUT2D eigenvalue weighted by molar-refractivity contribution is 1.09. The molecule has 0 fully saturated rings. The van der Waals surface area contributed by atoms with Crippen molar-refractivity contribution < 1.29 is 0 Å². The Bertz CT molecular complexity index is 978. The monoisotopic (exact) mass is 316 g/mol. The van der Waals surface area contributed by atoms with Crippen molar-refractivity contribution in [3.63, 3.8) is 0 Å². The van der Waals surface area contributed by atoms with Crippen molar-refractivity contribution in [1.29, 1.82) is 0 Å². The van der Waals surface area contributed by atoms with Gasteiger partial charge < -0.3 is 9.97 Å². The fourth-order valence-corrected chi connectivity index (χ4v) is 3.60. The van der Waals surface area contributed by atoms with Crippen molar-refractivity contribution in [2.45, 2.75) is 0 Å². The van der Waals surface area contributed by atoms with Crippen molar-refractivity contribution in [1.82, 2.24) is 20.2 Å². The molecule has 2 aromatic carbocycles. The van der Waals surface area contributed by atoms with E-state index in [-0.39, 0.29) is 0 Å². The van der Waals surface area contributed by atoms with E-state index in [0.29, 0.717) is 0 Å². The molecule has 0 radical (unpaired) electrons. The summed E-state index contributed by atoms with van der Waals surface area (Å²) in [4.78, 5) is 6.80. The van der Waals surface area contributed by atoms with E-state index in [1.165, 1.54) is 10.8 Å². The lowest BCUT2D eigenvalue weighted by Gasteiger charge is -1.88. The predicted octanol–water partition coefficient (Wildman–Crippen LogP) is 4.83. The molecule has 5 rings (SSSR count). The van der Waals surface area contributed by atoms with Crippen LogP contribution in [0.5, 0.6) is 0 Å². The van der Waals surface area contributed by atoms with Crippen LogP contribution in [0.3, 0.4) is 0 Å². The highest BCUT2D eigenvalue weighted by Gasteiger charge is 2.12. The summed E-state index contributed by atoms with van der Waals surface area (Å²) in [6, 6.07) is 20.7. The first-order valence-electron chi connectivity index (χ1n) is 7.36. The number of fused-ring (bicyclic) bond motifs is 2. The minimum Gasteiger partial charge on any atom is -0.353 e. The second-order valence-electron chi connectivity index (χ2n) is 5.45. The number of benzene rings is 2. The Morgan fingerprint density at radius 1 is 0.652 bits per heavy atom. The Morgan fingerprint density at radius 2 is 1.13 bits per heavy atom. The number of rotatable bonds is 2. The average molecular weight is 316 g/mol. The van der Waals surface area contributed by atoms with Crippen LogP contribution in [0.1, 0.15) is 0 Å². The normalized spacial score (nSPS) is 11.5. The molecule has 5 aromatic rings. The second-order valence-corrected chi connectivity index (χ2v) is 6.43. The van der Waals surface area contributed by atoms with E-state index in [0.717, 1.165) is 32.4 Å². The summed E-state index contributed by atoms with van der Waals surface area (Å²) in [5.41, 5.74) is 4.24. The number of nitrogens with one attached hydrogen (secondary N) is 2. The number of para-hydroxylation sites is 2. The first-order valence-corrected chi connectivity index (χ1v) is 8.18. The highest BCUT2D eigenvalue weighted by Crippen LogP contribution is 2.32. The van der Waals surface area contributed by atoms with Gasteiger partial charge in [0.05, 0.1) is 11.4 Å². The van der Waals surface area contributed by atoms with Crippen molar-refractivity contribution in [3.05, 3.63) is 60.7 Å². The Hall–Kier alpha value is -2.92. The molecule has 110 valence electrons. The minimum atomic E-state index is 0.898. The SMILES string of the molecule is c1ccc2[nH]c(-c3nnc(-c4cc5ccccc5[nH]4)s3)cc2c1. The molecule has 0 saturated heterocycles. The first-order chi connectivity index (χ1) is 11.4. The third kappa shape index (κ3) is 2.05. The van der Waals surface area contributed by atoms with Crippen LogP contribution in [0.2, 0.25) is 0 Å². The molecular formula is C18H12N4S. The van der Waals surface area contributed by atoms with Gasteiger partial charge in [0.15, 0.2) is 10.0 Å². The molecule has 2 N–H and O–H groups in total. The predicted molar refractivity (Wildman–Crippen MR) is 94.5 cm³/mol. The van der Waals surface area contributed by atoms with Crippen LogP contribution < -0.4 is 0 Å². The molecule has 0 saturated carbocycles. The highest BCUT2D eigenvalue weighted by molar-refractivity contribution is 7.17. The molecule has 0 amide bonds. The van der Waals surface area contributed by atoms with Gasteiger partial charge in [-0.05, 0) is 24.3 Å². The molecule has 0 atom stereocenters. The van der Waals surface area contributed by atoms with E-state index in [2.05, 4.69) is 56.6 Å². The molecule has 0 aliphatic carbocycles. The van der Waals surface area contributed by atoms with Crippen LogP contribution in [0.25, 0.3) is 43.2 Å². The summed E-state index contributed by atoms with van der Waals surface area (Å²) >= 11 is 1.58. The molecule has 0 aliphatic rings. The number of H-pyrrole nitrogens is 2. The Morgan fingerprint density at radius 3 is 1.61 bits per heavy atom. The van der Waals surface area contributed by atoms with Gasteiger partial charge in [-0.15, -0.1) is 10.2 Å². The molecular weight excluding hydrogens is 304 g/mol. The van der Waals surface area contributed by atoms with E-state index in [9.17, 15) is 0 Å². The van der Waals surface area contributed by atoms with Crippen LogP contribution in [0, 0.1) is 0 Å². The third-order valence-corrected chi connectivity index (χ3v) is 4.94. The summed E-state index contributed by atoms with van der Waals surface area (Å²) in [6.07, 6.45) is 0. The van der Waals surface area contributed by atoms with Crippen LogP contribution in [0.4, 0.5) is 0 Å². The zero-order valence-corrected chi connectivity index (χ0v) is 12.9. The Balaban J connectivity index is 1.59. The van der Waals surface area contributed by atoms with Crippen LogP contribution >= 0.6 is 11.3 Å². The molecule has 5 heteroatoms. The van der Waals surface area contributed by atoms with Gasteiger partial charge in [-0.2, -0.15) is 0 Å². The molecule has 0 unspecified atom stereocenters. The largest absolute Gasteiger partial charge is 0.353 e. The molecule has 23 heavy (non-hydrogen) atoms. The zero-order chi connectivity index (χ0) is 15.2. The van der Waals surface area contributed by atoms with E-state index >= 15 is 0 Å². The van der Waals surface area contributed by atoms with Crippen LogP contribution in [0.15, 0.2) is 60.7 Å². The van der Waals surface area contributed by atoms with Gasteiger partial charge in [-0.25, -0.2) is 0 Å². The van der Waals surface area contributed by atoms with E-state index in [1.807, 2.05) is 24.3 Å². The number of hydrogen-bond acceptors (Lipinski definition) is 3. The number of nitrogens with zero attached hydrogens (tertiary/aromatic N) is 2. The summed E-state index contributed by atoms with van der Waals surface area (Å²) in [5, 5.41) is 12.9. The van der Waals surface area contributed by atoms with Crippen molar-refractivity contribution >= 4 is 33.1 Å².